The van der Waals surface area contributed by atoms with E-state index in [0.29, 0.717) is 17.8 Å². The van der Waals surface area contributed by atoms with Gasteiger partial charge in [-0.2, -0.15) is 13.2 Å². The van der Waals surface area contributed by atoms with Crippen LogP contribution in [0.5, 0.6) is 0 Å². The van der Waals surface area contributed by atoms with E-state index in [2.05, 4.69) is 5.32 Å². The maximum Gasteiger partial charge on any atom is 0.401 e. The SMILES string of the molecule is CCCN(CC(=O)Nc1ccc(N)cc1Cl)CC(F)(F)F. The van der Waals surface area contributed by atoms with Gasteiger partial charge < -0.3 is 11.1 Å². The molecule has 0 bridgehead atoms. The van der Waals surface area contributed by atoms with E-state index in [1.807, 2.05) is 0 Å². The zero-order valence-corrected chi connectivity index (χ0v) is 12.3. The second kappa shape index (κ2) is 7.51. The van der Waals surface area contributed by atoms with E-state index in [-0.39, 0.29) is 18.1 Å². The lowest BCUT2D eigenvalue weighted by molar-refractivity contribution is -0.147. The van der Waals surface area contributed by atoms with E-state index in [1.165, 1.54) is 12.1 Å². The molecule has 0 saturated heterocycles. The molecule has 3 N–H and O–H groups in total. The van der Waals surface area contributed by atoms with Crippen molar-refractivity contribution in [3.63, 3.8) is 0 Å². The fourth-order valence-corrected chi connectivity index (χ4v) is 2.05. The van der Waals surface area contributed by atoms with Crippen LogP contribution in [0.2, 0.25) is 5.02 Å². The molecule has 4 nitrogen and oxygen atoms in total. The standard InChI is InChI=1S/C13H17ClF3N3O/c1-2-5-20(8-13(15,16)17)7-12(21)19-11-4-3-9(18)6-10(11)14/h3-4,6H,2,5,7-8,18H2,1H3,(H,19,21). The number of carbonyl (C=O) groups is 1. The first kappa shape index (κ1) is 17.6. The summed E-state index contributed by atoms with van der Waals surface area (Å²) in [4.78, 5) is 12.9. The molecular weight excluding hydrogens is 307 g/mol. The number of alkyl halides is 3. The van der Waals surface area contributed by atoms with Gasteiger partial charge in [0.15, 0.2) is 0 Å². The summed E-state index contributed by atoms with van der Waals surface area (Å²) in [6, 6.07) is 4.50. The Hall–Kier alpha value is -1.47. The molecule has 0 radical (unpaired) electrons. The van der Waals surface area contributed by atoms with Crippen LogP contribution in [0.3, 0.4) is 0 Å². The molecule has 1 amide bonds. The average molecular weight is 324 g/mol. The highest BCUT2D eigenvalue weighted by atomic mass is 35.5. The summed E-state index contributed by atoms with van der Waals surface area (Å²) in [5.74, 6) is -0.556. The Morgan fingerprint density at radius 1 is 1.43 bits per heavy atom. The highest BCUT2D eigenvalue weighted by Gasteiger charge is 2.31. The summed E-state index contributed by atoms with van der Waals surface area (Å²) in [6.07, 6.45) is -3.82. The van der Waals surface area contributed by atoms with Crippen molar-refractivity contribution >= 4 is 28.9 Å². The Balaban J connectivity index is 2.65. The first-order valence-corrected chi connectivity index (χ1v) is 6.73. The van der Waals surface area contributed by atoms with Gasteiger partial charge in [-0.05, 0) is 31.2 Å². The average Bonchev–Trinajstić information content (AvgIpc) is 2.31. The molecular formula is C13H17ClF3N3O. The molecule has 0 atom stereocenters. The van der Waals surface area contributed by atoms with Crippen molar-refractivity contribution in [2.24, 2.45) is 0 Å². The Kier molecular flexibility index (Phi) is 6.29. The smallest absolute Gasteiger partial charge is 0.399 e. The first-order chi connectivity index (χ1) is 9.71. The molecule has 1 rings (SSSR count). The molecule has 0 aliphatic rings. The van der Waals surface area contributed by atoms with E-state index < -0.39 is 18.6 Å². The summed E-state index contributed by atoms with van der Waals surface area (Å²) in [5.41, 5.74) is 6.27. The van der Waals surface area contributed by atoms with Crippen LogP contribution in [0.25, 0.3) is 0 Å². The molecule has 0 heterocycles. The molecule has 1 aromatic rings. The molecule has 0 aliphatic carbocycles. The molecule has 0 spiro atoms. The van der Waals surface area contributed by atoms with Crippen LogP contribution in [-0.2, 0) is 4.79 Å². The minimum atomic E-state index is -4.34. The molecule has 8 heteroatoms. The number of rotatable bonds is 6. The van der Waals surface area contributed by atoms with Gasteiger partial charge in [-0.15, -0.1) is 0 Å². The Morgan fingerprint density at radius 2 is 2.10 bits per heavy atom. The number of carbonyl (C=O) groups excluding carboxylic acids is 1. The van der Waals surface area contributed by atoms with Crippen molar-refractivity contribution in [1.29, 1.82) is 0 Å². The highest BCUT2D eigenvalue weighted by Crippen LogP contribution is 2.24. The zero-order chi connectivity index (χ0) is 16.0. The van der Waals surface area contributed by atoms with Gasteiger partial charge in [0.25, 0.3) is 0 Å². The van der Waals surface area contributed by atoms with Crippen molar-refractivity contribution in [2.45, 2.75) is 19.5 Å². The van der Waals surface area contributed by atoms with E-state index in [0.717, 1.165) is 4.90 Å². The number of anilines is 2. The zero-order valence-electron chi connectivity index (χ0n) is 11.5. The molecule has 0 unspecified atom stereocenters. The molecule has 0 fully saturated rings. The topological polar surface area (TPSA) is 58.4 Å². The van der Waals surface area contributed by atoms with Crippen LogP contribution in [-0.4, -0.2) is 36.6 Å². The predicted molar refractivity (Wildman–Crippen MR) is 77.3 cm³/mol. The summed E-state index contributed by atoms with van der Waals surface area (Å²) >= 11 is 5.89. The minimum Gasteiger partial charge on any atom is -0.399 e. The van der Waals surface area contributed by atoms with Gasteiger partial charge in [-0.3, -0.25) is 9.69 Å². The molecule has 118 valence electrons. The van der Waals surface area contributed by atoms with Crippen LogP contribution in [0, 0.1) is 0 Å². The molecule has 0 aliphatic heterocycles. The molecule has 21 heavy (non-hydrogen) atoms. The Bertz CT molecular complexity index is 494. The summed E-state index contributed by atoms with van der Waals surface area (Å²) in [7, 11) is 0. The van der Waals surface area contributed by atoms with Gasteiger partial charge in [0, 0.05) is 5.69 Å². The Morgan fingerprint density at radius 3 is 2.62 bits per heavy atom. The number of halogens is 4. The minimum absolute atomic E-state index is 0.183. The lowest BCUT2D eigenvalue weighted by Gasteiger charge is -2.22. The molecule has 1 aromatic carbocycles. The van der Waals surface area contributed by atoms with Gasteiger partial charge in [-0.1, -0.05) is 18.5 Å². The second-order valence-electron chi connectivity index (χ2n) is 4.61. The molecule has 0 saturated carbocycles. The third kappa shape index (κ3) is 6.68. The maximum atomic E-state index is 12.4. The van der Waals surface area contributed by atoms with Gasteiger partial charge in [0.05, 0.1) is 23.8 Å². The number of hydrogen-bond acceptors (Lipinski definition) is 3. The van der Waals surface area contributed by atoms with E-state index in [1.54, 1.807) is 13.0 Å². The maximum absolute atomic E-state index is 12.4. The summed E-state index contributed by atoms with van der Waals surface area (Å²) in [5, 5.41) is 2.71. The third-order valence-electron chi connectivity index (χ3n) is 2.58. The number of hydrogen-bond donors (Lipinski definition) is 2. The van der Waals surface area contributed by atoms with E-state index >= 15 is 0 Å². The number of benzene rings is 1. The number of nitrogen functional groups attached to an aromatic ring is 1. The lowest BCUT2D eigenvalue weighted by Crippen LogP contribution is -2.40. The second-order valence-corrected chi connectivity index (χ2v) is 5.02. The van der Waals surface area contributed by atoms with Crippen LogP contribution >= 0.6 is 11.6 Å². The number of nitrogens with two attached hydrogens (primary N) is 1. The lowest BCUT2D eigenvalue weighted by atomic mass is 10.3. The quantitative estimate of drug-likeness (QED) is 0.791. The Labute approximate surface area is 126 Å². The van der Waals surface area contributed by atoms with Crippen molar-refractivity contribution < 1.29 is 18.0 Å². The molecule has 0 aromatic heterocycles. The van der Waals surface area contributed by atoms with Crippen LogP contribution in [0.1, 0.15) is 13.3 Å². The van der Waals surface area contributed by atoms with E-state index in [4.69, 9.17) is 17.3 Å². The summed E-state index contributed by atoms with van der Waals surface area (Å²) < 4.78 is 37.2. The summed E-state index contributed by atoms with van der Waals surface area (Å²) in [6.45, 7) is 0.457. The fraction of sp³-hybridized carbons (Fsp3) is 0.462. The largest absolute Gasteiger partial charge is 0.401 e. The van der Waals surface area contributed by atoms with Crippen LogP contribution < -0.4 is 11.1 Å². The van der Waals surface area contributed by atoms with Crippen molar-refractivity contribution in [1.82, 2.24) is 4.90 Å². The van der Waals surface area contributed by atoms with Gasteiger partial charge in [0.2, 0.25) is 5.91 Å². The fourth-order valence-electron chi connectivity index (χ4n) is 1.81. The van der Waals surface area contributed by atoms with Gasteiger partial charge in [0.1, 0.15) is 0 Å². The number of nitrogens with zero attached hydrogens (tertiary/aromatic N) is 1. The van der Waals surface area contributed by atoms with E-state index in [9.17, 15) is 18.0 Å². The number of amides is 1. The van der Waals surface area contributed by atoms with Crippen molar-refractivity contribution in [2.75, 3.05) is 30.7 Å². The first-order valence-electron chi connectivity index (χ1n) is 6.35. The normalized spacial score (nSPS) is 11.7. The highest BCUT2D eigenvalue weighted by molar-refractivity contribution is 6.34. The number of nitrogens with one attached hydrogen (secondary N) is 1. The van der Waals surface area contributed by atoms with Gasteiger partial charge >= 0.3 is 6.18 Å². The van der Waals surface area contributed by atoms with Crippen LogP contribution in [0.15, 0.2) is 18.2 Å². The van der Waals surface area contributed by atoms with Crippen molar-refractivity contribution in [3.8, 4) is 0 Å². The monoisotopic (exact) mass is 323 g/mol. The third-order valence-corrected chi connectivity index (χ3v) is 2.89. The van der Waals surface area contributed by atoms with Crippen molar-refractivity contribution in [3.05, 3.63) is 23.2 Å². The predicted octanol–water partition coefficient (Wildman–Crippen LogP) is 3.14. The van der Waals surface area contributed by atoms with Crippen LogP contribution in [0.4, 0.5) is 24.5 Å². The van der Waals surface area contributed by atoms with Gasteiger partial charge in [-0.25, -0.2) is 0 Å².